The van der Waals surface area contributed by atoms with Gasteiger partial charge in [-0.15, -0.1) is 0 Å². The number of hydrazine groups is 1. The fraction of sp³-hybridized carbons (Fsp3) is 0.214. The highest BCUT2D eigenvalue weighted by Gasteiger charge is 2.15. The molecule has 0 spiro atoms. The minimum atomic E-state index is 0.511. The molecule has 0 bridgehead atoms. The number of hydrogen-bond donors (Lipinski definition) is 1. The van der Waals surface area contributed by atoms with Crippen LogP contribution in [0.3, 0.4) is 0 Å². The van der Waals surface area contributed by atoms with Crippen LogP contribution in [0.1, 0.15) is 11.5 Å². The third-order valence-corrected chi connectivity index (χ3v) is 6.10. The predicted octanol–water partition coefficient (Wildman–Crippen LogP) is 4.09. The highest BCUT2D eigenvalue weighted by molar-refractivity contribution is 5.83. The molecule has 4 aromatic rings. The number of hydrogen-bond acceptors (Lipinski definition) is 10. The molecule has 2 aromatic heterocycles. The van der Waals surface area contributed by atoms with Crippen molar-refractivity contribution in [3.8, 4) is 17.4 Å². The molecular formula is C28H29N7O3. The number of ether oxygens (including phenoxy) is 3. The Morgan fingerprint density at radius 2 is 1.74 bits per heavy atom. The Bertz CT molecular complexity index is 1480. The van der Waals surface area contributed by atoms with Crippen LogP contribution in [0.4, 0.5) is 11.4 Å². The van der Waals surface area contributed by atoms with E-state index < -0.39 is 0 Å². The maximum absolute atomic E-state index is 5.54. The lowest BCUT2D eigenvalue weighted by Crippen LogP contribution is -2.23. The lowest BCUT2D eigenvalue weighted by atomic mass is 10.1. The van der Waals surface area contributed by atoms with Crippen LogP contribution in [0.5, 0.6) is 17.4 Å². The van der Waals surface area contributed by atoms with E-state index >= 15 is 0 Å². The van der Waals surface area contributed by atoms with E-state index in [2.05, 4.69) is 25.3 Å². The second-order valence-electron chi connectivity index (χ2n) is 8.57. The van der Waals surface area contributed by atoms with Gasteiger partial charge in [0.25, 0.3) is 0 Å². The number of rotatable bonds is 9. The van der Waals surface area contributed by atoms with Gasteiger partial charge in [-0.25, -0.2) is 15.4 Å². The largest absolute Gasteiger partial charge is 0.497 e. The summed E-state index contributed by atoms with van der Waals surface area (Å²) >= 11 is 0. The van der Waals surface area contributed by atoms with Crippen molar-refractivity contribution in [2.24, 2.45) is 0 Å². The van der Waals surface area contributed by atoms with Crippen LogP contribution < -0.4 is 24.5 Å². The van der Waals surface area contributed by atoms with Gasteiger partial charge in [-0.2, -0.15) is 4.98 Å². The second-order valence-corrected chi connectivity index (χ2v) is 8.57. The molecule has 0 radical (unpaired) electrons. The first-order valence-corrected chi connectivity index (χ1v) is 12.0. The first-order chi connectivity index (χ1) is 18.6. The highest BCUT2D eigenvalue weighted by Crippen LogP contribution is 2.34. The van der Waals surface area contributed by atoms with E-state index in [4.69, 9.17) is 19.2 Å². The minimum absolute atomic E-state index is 0.511. The van der Waals surface area contributed by atoms with Gasteiger partial charge in [0.15, 0.2) is 5.82 Å². The van der Waals surface area contributed by atoms with E-state index in [-0.39, 0.29) is 0 Å². The van der Waals surface area contributed by atoms with Crippen LogP contribution in [0.2, 0.25) is 0 Å². The van der Waals surface area contributed by atoms with Gasteiger partial charge in [0.2, 0.25) is 5.88 Å². The van der Waals surface area contributed by atoms with Crippen molar-refractivity contribution in [3.05, 3.63) is 78.7 Å². The average molecular weight is 512 g/mol. The Balaban J connectivity index is 1.54. The number of nitrogens with one attached hydrogen (secondary N) is 1. The molecule has 1 aliphatic heterocycles. The van der Waals surface area contributed by atoms with Gasteiger partial charge < -0.3 is 24.1 Å². The third kappa shape index (κ3) is 5.50. The van der Waals surface area contributed by atoms with Crippen molar-refractivity contribution in [2.75, 3.05) is 46.4 Å². The molecule has 5 rings (SSSR count). The molecule has 1 N–H and O–H groups in total. The van der Waals surface area contributed by atoms with Crippen molar-refractivity contribution in [3.63, 3.8) is 0 Å². The molecule has 38 heavy (non-hydrogen) atoms. The number of benzene rings is 2. The summed E-state index contributed by atoms with van der Waals surface area (Å²) in [5.74, 6) is 2.45. The van der Waals surface area contributed by atoms with Gasteiger partial charge in [-0.05, 0) is 24.3 Å². The molecule has 0 unspecified atom stereocenters. The summed E-state index contributed by atoms with van der Waals surface area (Å²) in [7, 11) is 6.82. The quantitative estimate of drug-likeness (QED) is 0.354. The van der Waals surface area contributed by atoms with Crippen LogP contribution in [0, 0.1) is 0 Å². The topological polar surface area (TPSA) is 97.8 Å². The lowest BCUT2D eigenvalue weighted by Gasteiger charge is -2.25. The standard InChI is InChI=1S/C28H29N7O3/c1-34-18-19(16-31-34)26-17-30-24-8-7-20(14-25(24)32-26)35(21-12-22(36-2)15-23(13-21)37-3)11-5-6-27-29-10-9-28(33-27)38-4/h5-10,12-15,17-18,31H,11,16H2,1-4H3/b6-5+. The average Bonchev–Trinajstić information content (AvgIpc) is 3.40. The van der Waals surface area contributed by atoms with E-state index in [0.29, 0.717) is 36.3 Å². The Hall–Kier alpha value is -4.70. The van der Waals surface area contributed by atoms with Crippen LogP contribution >= 0.6 is 0 Å². The summed E-state index contributed by atoms with van der Waals surface area (Å²) in [6, 6.07) is 13.6. The van der Waals surface area contributed by atoms with Crippen molar-refractivity contribution in [1.82, 2.24) is 30.4 Å². The van der Waals surface area contributed by atoms with Crippen molar-refractivity contribution >= 4 is 34.1 Å². The highest BCUT2D eigenvalue weighted by atomic mass is 16.5. The third-order valence-electron chi connectivity index (χ3n) is 6.10. The summed E-state index contributed by atoms with van der Waals surface area (Å²) in [6.45, 7) is 1.23. The van der Waals surface area contributed by atoms with Crippen molar-refractivity contribution in [1.29, 1.82) is 0 Å². The van der Waals surface area contributed by atoms with E-state index in [9.17, 15) is 0 Å². The second kappa shape index (κ2) is 11.1. The van der Waals surface area contributed by atoms with Gasteiger partial charge >= 0.3 is 0 Å². The van der Waals surface area contributed by atoms with E-state index in [1.807, 2.05) is 73.0 Å². The summed E-state index contributed by atoms with van der Waals surface area (Å²) in [4.78, 5) is 20.4. The number of aromatic nitrogens is 4. The maximum atomic E-state index is 5.54. The zero-order chi connectivity index (χ0) is 26.5. The van der Waals surface area contributed by atoms with E-state index in [1.165, 1.54) is 0 Å². The van der Waals surface area contributed by atoms with Crippen molar-refractivity contribution in [2.45, 2.75) is 0 Å². The molecular weight excluding hydrogens is 482 g/mol. The maximum Gasteiger partial charge on any atom is 0.216 e. The molecule has 1 aliphatic rings. The van der Waals surface area contributed by atoms with Crippen LogP contribution in [0.15, 0.2) is 67.1 Å². The zero-order valence-electron chi connectivity index (χ0n) is 21.8. The number of nitrogens with zero attached hydrogens (tertiary/aromatic N) is 6. The van der Waals surface area contributed by atoms with Gasteiger partial charge in [0.1, 0.15) is 11.5 Å². The number of anilines is 2. The Morgan fingerprint density at radius 3 is 2.45 bits per heavy atom. The fourth-order valence-corrected chi connectivity index (χ4v) is 4.14. The Kier molecular flexibility index (Phi) is 7.32. The molecule has 10 heteroatoms. The smallest absolute Gasteiger partial charge is 0.216 e. The molecule has 3 heterocycles. The molecule has 2 aromatic carbocycles. The number of methoxy groups -OCH3 is 3. The monoisotopic (exact) mass is 511 g/mol. The summed E-state index contributed by atoms with van der Waals surface area (Å²) in [5, 5.41) is 1.92. The Labute approximate surface area is 221 Å². The van der Waals surface area contributed by atoms with Gasteiger partial charge in [0, 0.05) is 73.7 Å². The van der Waals surface area contributed by atoms with E-state index in [1.54, 1.807) is 33.6 Å². The Morgan fingerprint density at radius 1 is 0.921 bits per heavy atom. The lowest BCUT2D eigenvalue weighted by molar-refractivity contribution is 0.374. The molecule has 194 valence electrons. The molecule has 0 saturated heterocycles. The predicted molar refractivity (Wildman–Crippen MR) is 147 cm³/mol. The molecule has 0 atom stereocenters. The number of fused-ring (bicyclic) bond motifs is 1. The first kappa shape index (κ1) is 25.0. The summed E-state index contributed by atoms with van der Waals surface area (Å²) < 4.78 is 16.3. The van der Waals surface area contributed by atoms with Crippen LogP contribution in [-0.2, 0) is 0 Å². The van der Waals surface area contributed by atoms with Gasteiger partial charge in [-0.1, -0.05) is 6.08 Å². The summed E-state index contributed by atoms with van der Waals surface area (Å²) in [5.41, 5.74) is 8.63. The van der Waals surface area contributed by atoms with Crippen molar-refractivity contribution < 1.29 is 14.2 Å². The van der Waals surface area contributed by atoms with Gasteiger partial charge in [-0.3, -0.25) is 4.98 Å². The zero-order valence-corrected chi connectivity index (χ0v) is 21.8. The SMILES string of the molecule is COc1cc(OC)cc(N(C/C=C/c2nccc(OC)n2)c2ccc3ncc(C4=CN(C)NC4)nc3c2)c1. The molecule has 10 nitrogen and oxygen atoms in total. The van der Waals surface area contributed by atoms with Crippen LogP contribution in [-0.4, -0.2) is 66.4 Å². The molecule has 0 saturated carbocycles. The van der Waals surface area contributed by atoms with E-state index in [0.717, 1.165) is 33.7 Å². The first-order valence-electron chi connectivity index (χ1n) is 12.0. The fourth-order valence-electron chi connectivity index (χ4n) is 4.14. The molecule has 0 aliphatic carbocycles. The molecule has 0 amide bonds. The van der Waals surface area contributed by atoms with Crippen LogP contribution in [0.25, 0.3) is 22.7 Å². The van der Waals surface area contributed by atoms with Gasteiger partial charge in [0.05, 0.1) is 44.3 Å². The minimum Gasteiger partial charge on any atom is -0.497 e. The molecule has 0 fully saturated rings. The summed E-state index contributed by atoms with van der Waals surface area (Å²) in [6.07, 6.45) is 9.37. The normalized spacial score (nSPS) is 13.2.